The van der Waals surface area contributed by atoms with Crippen molar-refractivity contribution in [2.75, 3.05) is 19.7 Å². The summed E-state index contributed by atoms with van der Waals surface area (Å²) in [5.41, 5.74) is 1.94. The number of ether oxygens (including phenoxy) is 2. The van der Waals surface area contributed by atoms with Gasteiger partial charge in [0.2, 0.25) is 0 Å². The minimum Gasteiger partial charge on any atom is -0.475 e. The fourth-order valence-corrected chi connectivity index (χ4v) is 4.53. The van der Waals surface area contributed by atoms with Crippen molar-refractivity contribution in [1.29, 1.82) is 0 Å². The predicted molar refractivity (Wildman–Crippen MR) is 109 cm³/mol. The number of carbonyl (C=O) groups excluding carboxylic acids is 1. The number of rotatable bonds is 4. The highest BCUT2D eigenvalue weighted by molar-refractivity contribution is 7.12. The molecule has 174 valence electrons. The average Bonchev–Trinajstić information content (AvgIpc) is 3.47. The Morgan fingerprint density at radius 1 is 1.34 bits per heavy atom. The number of thiophene rings is 1. The summed E-state index contributed by atoms with van der Waals surface area (Å²) in [6.45, 7) is 4.59. The maximum atomic E-state index is 12.7. The third-order valence-corrected chi connectivity index (χ3v) is 6.32. The van der Waals surface area contributed by atoms with Gasteiger partial charge in [0, 0.05) is 25.4 Å². The summed E-state index contributed by atoms with van der Waals surface area (Å²) in [7, 11) is 0. The average molecular weight is 472 g/mol. The first kappa shape index (κ1) is 24.1. The molecule has 0 saturated carbocycles. The van der Waals surface area contributed by atoms with E-state index in [0.717, 1.165) is 35.4 Å². The van der Waals surface area contributed by atoms with E-state index in [0.29, 0.717) is 19.8 Å². The number of hydrogen-bond donors (Lipinski definition) is 1. The molecular weight excluding hydrogens is 449 g/mol. The van der Waals surface area contributed by atoms with Gasteiger partial charge in [0.05, 0.1) is 36.3 Å². The molecule has 4 rings (SSSR count). The van der Waals surface area contributed by atoms with Crippen LogP contribution in [0.2, 0.25) is 0 Å². The van der Waals surface area contributed by atoms with Crippen LogP contribution in [0.5, 0.6) is 0 Å². The Balaban J connectivity index is 0.000000360. The molecule has 0 aliphatic carbocycles. The molecular formula is C21H23F3N2O5S. The van der Waals surface area contributed by atoms with Crippen LogP contribution in [0.1, 0.15) is 33.6 Å². The molecule has 2 aromatic rings. The number of halogens is 3. The zero-order valence-corrected chi connectivity index (χ0v) is 18.1. The van der Waals surface area contributed by atoms with Crippen LogP contribution in [-0.2, 0) is 20.9 Å². The molecule has 32 heavy (non-hydrogen) atoms. The molecule has 2 fully saturated rings. The third kappa shape index (κ3) is 6.05. The molecule has 0 bridgehead atoms. The Bertz CT molecular complexity index is 937. The summed E-state index contributed by atoms with van der Waals surface area (Å²) in [5.74, 6) is -2.62. The van der Waals surface area contributed by atoms with Crippen LogP contribution in [0.15, 0.2) is 36.0 Å². The highest BCUT2D eigenvalue weighted by Gasteiger charge is 2.47. The summed E-state index contributed by atoms with van der Waals surface area (Å²) in [6.07, 6.45) is 0.298. The number of likely N-dealkylation sites (tertiary alicyclic amines) is 1. The standard InChI is InChI=1S/C19H22N2O3S.C2HF3O2/c1-14-4-9-25-17(14)18(22)21-8-5-19(13-21)10-16(12-24-19)23-11-15-2-6-20-7-3-15;3-2(4,5)1(6)7/h2-4,6-7,9,16H,5,8,10-13H2,1H3;(H,6,7)/t16-,19+;/m1./s1. The molecule has 2 aliphatic rings. The number of aryl methyl sites for hydroxylation is 1. The maximum Gasteiger partial charge on any atom is 0.490 e. The molecule has 11 heteroatoms. The van der Waals surface area contributed by atoms with Crippen molar-refractivity contribution in [3.8, 4) is 0 Å². The van der Waals surface area contributed by atoms with Crippen molar-refractivity contribution in [2.24, 2.45) is 0 Å². The van der Waals surface area contributed by atoms with Gasteiger partial charge in [-0.2, -0.15) is 13.2 Å². The van der Waals surface area contributed by atoms with E-state index in [1.54, 1.807) is 12.4 Å². The number of aliphatic carboxylic acids is 1. The minimum absolute atomic E-state index is 0.0895. The number of hydrogen-bond acceptors (Lipinski definition) is 6. The molecule has 2 aromatic heterocycles. The molecule has 1 amide bonds. The summed E-state index contributed by atoms with van der Waals surface area (Å²) in [4.78, 5) is 28.4. The highest BCUT2D eigenvalue weighted by Crippen LogP contribution is 2.37. The summed E-state index contributed by atoms with van der Waals surface area (Å²) < 4.78 is 43.8. The van der Waals surface area contributed by atoms with E-state index in [2.05, 4.69) is 4.98 Å². The smallest absolute Gasteiger partial charge is 0.475 e. The van der Waals surface area contributed by atoms with E-state index < -0.39 is 12.1 Å². The SMILES string of the molecule is Cc1ccsc1C(=O)N1CC[C@]2(C[C@@H](OCc3ccncc3)CO2)C1.O=C(O)C(F)(F)F. The fourth-order valence-electron chi connectivity index (χ4n) is 3.64. The molecule has 4 heterocycles. The van der Waals surface area contributed by atoms with Crippen LogP contribution in [0.3, 0.4) is 0 Å². The Labute approximate surface area is 186 Å². The van der Waals surface area contributed by atoms with Crippen LogP contribution in [0.25, 0.3) is 0 Å². The number of carboxylic acid groups (broad SMARTS) is 1. The second-order valence-electron chi connectivity index (χ2n) is 7.70. The zero-order valence-electron chi connectivity index (χ0n) is 17.3. The van der Waals surface area contributed by atoms with Crippen molar-refractivity contribution < 1.29 is 37.3 Å². The monoisotopic (exact) mass is 472 g/mol. The Morgan fingerprint density at radius 3 is 2.62 bits per heavy atom. The van der Waals surface area contributed by atoms with Gasteiger partial charge in [-0.25, -0.2) is 4.79 Å². The lowest BCUT2D eigenvalue weighted by atomic mass is 9.98. The van der Waals surface area contributed by atoms with E-state index >= 15 is 0 Å². The molecule has 1 spiro atoms. The lowest BCUT2D eigenvalue weighted by Gasteiger charge is -2.23. The molecule has 0 radical (unpaired) electrons. The number of alkyl halides is 3. The first-order valence-corrected chi connectivity index (χ1v) is 10.8. The number of amides is 1. The van der Waals surface area contributed by atoms with Crippen molar-refractivity contribution in [2.45, 2.75) is 44.3 Å². The minimum atomic E-state index is -5.08. The number of pyridine rings is 1. The summed E-state index contributed by atoms with van der Waals surface area (Å²) in [5, 5.41) is 9.10. The van der Waals surface area contributed by atoms with E-state index in [4.69, 9.17) is 19.4 Å². The van der Waals surface area contributed by atoms with Crippen LogP contribution in [-0.4, -0.2) is 64.4 Å². The van der Waals surface area contributed by atoms with Crippen molar-refractivity contribution in [1.82, 2.24) is 9.88 Å². The van der Waals surface area contributed by atoms with Gasteiger partial charge < -0.3 is 19.5 Å². The van der Waals surface area contributed by atoms with Crippen LogP contribution < -0.4 is 0 Å². The first-order chi connectivity index (χ1) is 15.1. The van der Waals surface area contributed by atoms with Crippen LogP contribution >= 0.6 is 11.3 Å². The number of carboxylic acids is 1. The van der Waals surface area contributed by atoms with Gasteiger partial charge in [-0.3, -0.25) is 9.78 Å². The topological polar surface area (TPSA) is 89.0 Å². The van der Waals surface area contributed by atoms with Crippen LogP contribution in [0, 0.1) is 6.92 Å². The second kappa shape index (κ2) is 9.97. The van der Waals surface area contributed by atoms with Gasteiger partial charge in [0.1, 0.15) is 0 Å². The Kier molecular flexibility index (Phi) is 7.52. The van der Waals surface area contributed by atoms with Gasteiger partial charge in [0.15, 0.2) is 0 Å². The van der Waals surface area contributed by atoms with E-state index in [1.807, 2.05) is 35.4 Å². The van der Waals surface area contributed by atoms with Crippen molar-refractivity contribution in [3.05, 3.63) is 52.0 Å². The summed E-state index contributed by atoms with van der Waals surface area (Å²) >= 11 is 1.52. The van der Waals surface area contributed by atoms with Gasteiger partial charge >= 0.3 is 12.1 Å². The van der Waals surface area contributed by atoms with E-state index in [-0.39, 0.29) is 17.6 Å². The molecule has 2 atom stereocenters. The van der Waals surface area contributed by atoms with Crippen molar-refractivity contribution >= 4 is 23.2 Å². The number of aromatic nitrogens is 1. The Morgan fingerprint density at radius 2 is 2.03 bits per heavy atom. The highest BCUT2D eigenvalue weighted by atomic mass is 32.1. The lowest BCUT2D eigenvalue weighted by Crippen LogP contribution is -2.36. The van der Waals surface area contributed by atoms with Crippen LogP contribution in [0.4, 0.5) is 13.2 Å². The van der Waals surface area contributed by atoms with Gasteiger partial charge in [0.25, 0.3) is 5.91 Å². The predicted octanol–water partition coefficient (Wildman–Crippen LogP) is 3.68. The molecule has 7 nitrogen and oxygen atoms in total. The molecule has 2 saturated heterocycles. The molecule has 1 N–H and O–H groups in total. The third-order valence-electron chi connectivity index (χ3n) is 5.31. The Hall–Kier alpha value is -2.50. The van der Waals surface area contributed by atoms with E-state index in [1.165, 1.54) is 11.3 Å². The maximum absolute atomic E-state index is 12.7. The van der Waals surface area contributed by atoms with Gasteiger partial charge in [-0.1, -0.05) is 0 Å². The number of nitrogens with zero attached hydrogens (tertiary/aromatic N) is 2. The molecule has 0 unspecified atom stereocenters. The molecule has 0 aromatic carbocycles. The summed E-state index contributed by atoms with van der Waals surface area (Å²) in [6, 6.07) is 5.93. The first-order valence-electron chi connectivity index (χ1n) is 9.88. The largest absolute Gasteiger partial charge is 0.490 e. The quantitative estimate of drug-likeness (QED) is 0.731. The van der Waals surface area contributed by atoms with Gasteiger partial charge in [-0.15, -0.1) is 11.3 Å². The zero-order chi connectivity index (χ0) is 23.4. The van der Waals surface area contributed by atoms with Crippen molar-refractivity contribution in [3.63, 3.8) is 0 Å². The fraction of sp³-hybridized carbons (Fsp3) is 0.476. The number of carbonyl (C=O) groups is 2. The lowest BCUT2D eigenvalue weighted by molar-refractivity contribution is -0.192. The second-order valence-corrected chi connectivity index (χ2v) is 8.62. The van der Waals surface area contributed by atoms with E-state index in [9.17, 15) is 18.0 Å². The van der Waals surface area contributed by atoms with Gasteiger partial charge in [-0.05, 0) is 48.1 Å². The molecule has 2 aliphatic heterocycles. The normalized spacial score (nSPS) is 22.6.